The van der Waals surface area contributed by atoms with Crippen molar-refractivity contribution in [2.24, 2.45) is 5.73 Å². The predicted molar refractivity (Wildman–Crippen MR) is 54.5 cm³/mol. The second kappa shape index (κ2) is 4.58. The molecule has 0 aliphatic rings. The van der Waals surface area contributed by atoms with E-state index >= 15 is 0 Å². The van der Waals surface area contributed by atoms with Crippen LogP contribution in [0.15, 0.2) is 24.8 Å². The predicted octanol–water partition coefficient (Wildman–Crippen LogP) is -0.392. The van der Waals surface area contributed by atoms with Crippen LogP contribution in [0.2, 0.25) is 0 Å². The molecular formula is C9H11N5O2. The third-order valence-corrected chi connectivity index (χ3v) is 1.94. The van der Waals surface area contributed by atoms with Gasteiger partial charge < -0.3 is 20.4 Å². The van der Waals surface area contributed by atoms with Gasteiger partial charge >= 0.3 is 12.0 Å². The summed E-state index contributed by atoms with van der Waals surface area (Å²) in [5.41, 5.74) is 5.65. The first-order chi connectivity index (χ1) is 7.75. The summed E-state index contributed by atoms with van der Waals surface area (Å²) in [5.74, 6) is 0.0928. The van der Waals surface area contributed by atoms with Crippen molar-refractivity contribution >= 4 is 5.97 Å². The third-order valence-electron chi connectivity index (χ3n) is 1.94. The van der Waals surface area contributed by atoms with Gasteiger partial charge in [0.05, 0.1) is 0 Å². The van der Waals surface area contributed by atoms with E-state index in [1.54, 1.807) is 18.6 Å². The van der Waals surface area contributed by atoms with Gasteiger partial charge in [-0.3, -0.25) is 0 Å². The molecule has 7 heteroatoms. The quantitative estimate of drug-likeness (QED) is 0.609. The highest BCUT2D eigenvalue weighted by Gasteiger charge is 2.18. The molecule has 0 aliphatic heterocycles. The maximum absolute atomic E-state index is 11.5. The first-order valence-electron chi connectivity index (χ1n) is 4.70. The Kier molecular flexibility index (Phi) is 2.97. The zero-order valence-corrected chi connectivity index (χ0v) is 8.38. The molecule has 2 aromatic rings. The summed E-state index contributed by atoms with van der Waals surface area (Å²) in [5, 5.41) is 0. The Labute approximate surface area is 91.1 Å². The fourth-order valence-electron chi connectivity index (χ4n) is 1.18. The number of aromatic amines is 2. The van der Waals surface area contributed by atoms with Gasteiger partial charge in [0.15, 0.2) is 0 Å². The minimum absolute atomic E-state index is 0.139. The van der Waals surface area contributed by atoms with Gasteiger partial charge in [0.25, 0.3) is 0 Å². The topological polar surface area (TPSA) is 110 Å². The number of H-pyrrole nitrogens is 2. The molecule has 0 radical (unpaired) electrons. The number of aromatic nitrogens is 4. The molecule has 0 amide bonds. The number of nitrogens with two attached hydrogens (primary N) is 1. The smallest absolute Gasteiger partial charge is 0.331 e. The number of nitrogens with zero attached hydrogens (tertiary/aromatic N) is 2. The lowest BCUT2D eigenvalue weighted by Crippen LogP contribution is -2.36. The van der Waals surface area contributed by atoms with Crippen LogP contribution in [0.5, 0.6) is 6.01 Å². The van der Waals surface area contributed by atoms with Crippen molar-refractivity contribution in [2.75, 3.05) is 0 Å². The molecule has 4 N–H and O–H groups in total. The van der Waals surface area contributed by atoms with Crippen molar-refractivity contribution in [1.82, 2.24) is 19.9 Å². The second-order valence-corrected chi connectivity index (χ2v) is 3.16. The van der Waals surface area contributed by atoms with Crippen LogP contribution >= 0.6 is 0 Å². The summed E-state index contributed by atoms with van der Waals surface area (Å²) in [4.78, 5) is 24.7. The second-order valence-electron chi connectivity index (χ2n) is 3.16. The van der Waals surface area contributed by atoms with Crippen LogP contribution < -0.4 is 10.5 Å². The Bertz CT molecular complexity index is 436. The van der Waals surface area contributed by atoms with Crippen LogP contribution in [0.1, 0.15) is 5.82 Å². The minimum atomic E-state index is -0.767. The van der Waals surface area contributed by atoms with Gasteiger partial charge in [-0.2, -0.15) is 0 Å². The van der Waals surface area contributed by atoms with Gasteiger partial charge in [-0.25, -0.2) is 14.8 Å². The molecule has 1 unspecified atom stereocenters. The average molecular weight is 221 g/mol. The number of carbonyl (C=O) groups is 1. The lowest BCUT2D eigenvalue weighted by molar-refractivity contribution is -0.136. The molecule has 2 rings (SSSR count). The first-order valence-corrected chi connectivity index (χ1v) is 4.70. The Hall–Kier alpha value is -2.15. The number of rotatable bonds is 4. The van der Waals surface area contributed by atoms with Crippen LogP contribution in [0.4, 0.5) is 0 Å². The van der Waals surface area contributed by atoms with Crippen molar-refractivity contribution in [3.63, 3.8) is 0 Å². The third kappa shape index (κ3) is 2.45. The zero-order chi connectivity index (χ0) is 11.4. The van der Waals surface area contributed by atoms with Crippen LogP contribution in [0.3, 0.4) is 0 Å². The molecule has 0 aliphatic carbocycles. The van der Waals surface area contributed by atoms with Crippen LogP contribution in [0.25, 0.3) is 0 Å². The molecule has 0 fully saturated rings. The molecular weight excluding hydrogens is 210 g/mol. The SMILES string of the molecule is NC(Cc1ncc[nH]1)C(=O)Oc1ncc[nH]1. The van der Waals surface area contributed by atoms with Crippen molar-refractivity contribution in [1.29, 1.82) is 0 Å². The standard InChI is InChI=1S/C9H11N5O2/c10-6(5-7-11-1-2-12-7)8(15)16-9-13-3-4-14-9/h1-4,6H,5,10H2,(H,11,12)(H,13,14). The molecule has 7 nitrogen and oxygen atoms in total. The van der Waals surface area contributed by atoms with Gasteiger partial charge in [0.2, 0.25) is 0 Å². The van der Waals surface area contributed by atoms with Crippen molar-refractivity contribution in [3.05, 3.63) is 30.6 Å². The van der Waals surface area contributed by atoms with Gasteiger partial charge in [-0.1, -0.05) is 0 Å². The maximum atomic E-state index is 11.5. The molecule has 16 heavy (non-hydrogen) atoms. The Morgan fingerprint density at radius 3 is 2.75 bits per heavy atom. The fourth-order valence-corrected chi connectivity index (χ4v) is 1.18. The molecule has 2 heterocycles. The number of hydrogen-bond donors (Lipinski definition) is 3. The van der Waals surface area contributed by atoms with Gasteiger partial charge in [0, 0.05) is 31.2 Å². The molecule has 0 aromatic carbocycles. The van der Waals surface area contributed by atoms with E-state index in [1.165, 1.54) is 6.20 Å². The summed E-state index contributed by atoms with van der Waals surface area (Å²) >= 11 is 0. The van der Waals surface area contributed by atoms with E-state index in [4.69, 9.17) is 10.5 Å². The van der Waals surface area contributed by atoms with Crippen molar-refractivity contribution < 1.29 is 9.53 Å². The Morgan fingerprint density at radius 1 is 1.38 bits per heavy atom. The highest BCUT2D eigenvalue weighted by atomic mass is 16.5. The lowest BCUT2D eigenvalue weighted by atomic mass is 10.2. The number of nitrogens with one attached hydrogen (secondary N) is 2. The summed E-state index contributed by atoms with van der Waals surface area (Å²) < 4.78 is 4.89. The number of hydrogen-bond acceptors (Lipinski definition) is 5. The van der Waals surface area contributed by atoms with E-state index in [9.17, 15) is 4.79 Å². The minimum Gasteiger partial charge on any atom is -0.391 e. The van der Waals surface area contributed by atoms with Crippen molar-refractivity contribution in [2.45, 2.75) is 12.5 Å². The number of esters is 1. The van der Waals surface area contributed by atoms with Gasteiger partial charge in [0.1, 0.15) is 11.9 Å². The Balaban J connectivity index is 1.90. The average Bonchev–Trinajstić information content (AvgIpc) is 2.90. The normalized spacial score (nSPS) is 12.3. The molecule has 0 spiro atoms. The molecule has 0 bridgehead atoms. The van der Waals surface area contributed by atoms with E-state index < -0.39 is 12.0 Å². The molecule has 0 saturated heterocycles. The summed E-state index contributed by atoms with van der Waals surface area (Å²) in [6.07, 6.45) is 6.60. The highest BCUT2D eigenvalue weighted by molar-refractivity contribution is 5.77. The highest BCUT2D eigenvalue weighted by Crippen LogP contribution is 2.02. The monoisotopic (exact) mass is 221 g/mol. The van der Waals surface area contributed by atoms with Gasteiger partial charge in [-0.15, -0.1) is 0 Å². The molecule has 2 aromatic heterocycles. The van der Waals surface area contributed by atoms with Crippen LogP contribution in [-0.4, -0.2) is 31.9 Å². The molecule has 84 valence electrons. The summed E-state index contributed by atoms with van der Waals surface area (Å²) in [7, 11) is 0. The zero-order valence-electron chi connectivity index (χ0n) is 8.38. The fraction of sp³-hybridized carbons (Fsp3) is 0.222. The van der Waals surface area contributed by atoms with Crippen LogP contribution in [0, 0.1) is 0 Å². The number of carbonyl (C=O) groups excluding carboxylic acids is 1. The molecule has 0 saturated carbocycles. The summed E-state index contributed by atoms with van der Waals surface area (Å²) in [6, 6.07) is -0.629. The lowest BCUT2D eigenvalue weighted by Gasteiger charge is -2.07. The Morgan fingerprint density at radius 2 is 2.12 bits per heavy atom. The maximum Gasteiger partial charge on any atom is 0.331 e. The number of ether oxygens (including phenoxy) is 1. The van der Waals surface area contributed by atoms with E-state index in [-0.39, 0.29) is 6.01 Å². The van der Waals surface area contributed by atoms with Gasteiger partial charge in [-0.05, 0) is 0 Å². The first kappa shape index (κ1) is 10.4. The van der Waals surface area contributed by atoms with Crippen molar-refractivity contribution in [3.8, 4) is 6.01 Å². The van der Waals surface area contributed by atoms with E-state index in [1.807, 2.05) is 0 Å². The molecule has 1 atom stereocenters. The van der Waals surface area contributed by atoms with E-state index in [2.05, 4.69) is 19.9 Å². The van der Waals surface area contributed by atoms with E-state index in [0.717, 1.165) is 0 Å². The van der Waals surface area contributed by atoms with Crippen LogP contribution in [-0.2, 0) is 11.2 Å². The summed E-state index contributed by atoms with van der Waals surface area (Å²) in [6.45, 7) is 0. The number of imidazole rings is 2. The largest absolute Gasteiger partial charge is 0.391 e. The van der Waals surface area contributed by atoms with E-state index in [0.29, 0.717) is 12.2 Å².